The number of halogens is 3. The summed E-state index contributed by atoms with van der Waals surface area (Å²) in [6, 6.07) is 15.4. The van der Waals surface area contributed by atoms with E-state index in [9.17, 15) is 13.9 Å². The molecule has 0 saturated heterocycles. The molecule has 3 N–H and O–H groups in total. The van der Waals surface area contributed by atoms with Gasteiger partial charge in [0.2, 0.25) is 0 Å². The second-order valence-electron chi connectivity index (χ2n) is 6.31. The Bertz CT molecular complexity index is 749. The molecule has 30 heavy (non-hydrogen) atoms. The van der Waals surface area contributed by atoms with Crippen LogP contribution in [0.2, 0.25) is 0 Å². The third-order valence-electron chi connectivity index (χ3n) is 3.89. The molecule has 0 aliphatic heterocycles. The highest BCUT2D eigenvalue weighted by atomic mass is 127. The van der Waals surface area contributed by atoms with Crippen LogP contribution in [0.15, 0.2) is 59.6 Å². The first-order chi connectivity index (χ1) is 14.0. The van der Waals surface area contributed by atoms with Crippen LogP contribution >= 0.6 is 24.0 Å². The van der Waals surface area contributed by atoms with E-state index in [1.54, 1.807) is 0 Å². The molecular weight excluding hydrogens is 507 g/mol. The van der Waals surface area contributed by atoms with Crippen molar-refractivity contribution in [2.45, 2.75) is 32.7 Å². The summed E-state index contributed by atoms with van der Waals surface area (Å²) in [5, 5.41) is 16.6. The molecule has 2 aromatic carbocycles. The van der Waals surface area contributed by atoms with Gasteiger partial charge in [-0.05, 0) is 43.7 Å². The van der Waals surface area contributed by atoms with Gasteiger partial charge >= 0.3 is 6.61 Å². The molecule has 2 rings (SSSR count). The number of nitrogens with one attached hydrogen (secondary N) is 2. The SMILES string of the molecule is CCNC(=NCC(O)c1ccc(OC(F)F)cc1)NCC(C)Oc1ccccc1.I. The van der Waals surface area contributed by atoms with Crippen molar-refractivity contribution in [1.29, 1.82) is 0 Å². The van der Waals surface area contributed by atoms with Crippen LogP contribution in [0.25, 0.3) is 0 Å². The molecule has 0 aliphatic rings. The zero-order valence-electron chi connectivity index (χ0n) is 16.9. The number of alkyl halides is 2. The first-order valence-corrected chi connectivity index (χ1v) is 9.44. The number of aliphatic imine (C=N–C) groups is 1. The van der Waals surface area contributed by atoms with Crippen LogP contribution in [0.4, 0.5) is 8.78 Å². The van der Waals surface area contributed by atoms with E-state index in [0.717, 1.165) is 5.75 Å². The monoisotopic (exact) mass is 535 g/mol. The molecule has 0 bridgehead atoms. The number of ether oxygens (including phenoxy) is 2. The molecule has 0 radical (unpaired) electrons. The van der Waals surface area contributed by atoms with Gasteiger partial charge in [0, 0.05) is 6.54 Å². The second-order valence-corrected chi connectivity index (χ2v) is 6.31. The van der Waals surface area contributed by atoms with E-state index in [1.807, 2.05) is 44.2 Å². The van der Waals surface area contributed by atoms with Gasteiger partial charge in [0.05, 0.1) is 19.2 Å². The van der Waals surface area contributed by atoms with E-state index < -0.39 is 12.7 Å². The van der Waals surface area contributed by atoms with E-state index in [4.69, 9.17) is 4.74 Å². The molecule has 2 aromatic rings. The number of benzene rings is 2. The Morgan fingerprint density at radius 1 is 1.00 bits per heavy atom. The molecule has 0 heterocycles. The maximum Gasteiger partial charge on any atom is 0.387 e. The van der Waals surface area contributed by atoms with E-state index >= 15 is 0 Å². The number of rotatable bonds is 10. The number of aliphatic hydroxyl groups excluding tert-OH is 1. The standard InChI is InChI=1S/C21H27F2N3O3.HI/c1-3-24-21(25-13-15(2)28-17-7-5-4-6-8-17)26-14-19(27)16-9-11-18(12-10-16)29-20(22)23;/h4-12,15,19-20,27H,3,13-14H2,1-2H3,(H2,24,25,26);1H. The van der Waals surface area contributed by atoms with Gasteiger partial charge in [0.15, 0.2) is 5.96 Å². The average Bonchev–Trinajstić information content (AvgIpc) is 2.70. The van der Waals surface area contributed by atoms with E-state index in [-0.39, 0.29) is 42.4 Å². The van der Waals surface area contributed by atoms with Crippen LogP contribution in [0.3, 0.4) is 0 Å². The molecular formula is C21H28F2IN3O3. The summed E-state index contributed by atoms with van der Waals surface area (Å²) in [6.07, 6.45) is -0.961. The molecule has 0 amide bonds. The van der Waals surface area contributed by atoms with Crippen LogP contribution in [0, 0.1) is 0 Å². The Balaban J connectivity index is 0.00000450. The van der Waals surface area contributed by atoms with Crippen molar-refractivity contribution >= 4 is 29.9 Å². The highest BCUT2D eigenvalue weighted by Crippen LogP contribution is 2.19. The highest BCUT2D eigenvalue weighted by Gasteiger charge is 2.10. The summed E-state index contributed by atoms with van der Waals surface area (Å²) in [7, 11) is 0. The first-order valence-electron chi connectivity index (χ1n) is 9.44. The fraction of sp³-hybridized carbons (Fsp3) is 0.381. The average molecular weight is 535 g/mol. The first kappa shape index (κ1) is 25.9. The number of aliphatic hydroxyl groups is 1. The van der Waals surface area contributed by atoms with Gasteiger partial charge in [-0.25, -0.2) is 0 Å². The summed E-state index contributed by atoms with van der Waals surface area (Å²) >= 11 is 0. The Morgan fingerprint density at radius 2 is 1.63 bits per heavy atom. The minimum Gasteiger partial charge on any atom is -0.489 e. The van der Waals surface area contributed by atoms with Gasteiger partial charge in [0.25, 0.3) is 0 Å². The van der Waals surface area contributed by atoms with Crippen molar-refractivity contribution in [2.24, 2.45) is 4.99 Å². The summed E-state index contributed by atoms with van der Waals surface area (Å²) < 4.78 is 34.5. The predicted molar refractivity (Wildman–Crippen MR) is 124 cm³/mol. The van der Waals surface area contributed by atoms with Gasteiger partial charge in [-0.2, -0.15) is 8.78 Å². The lowest BCUT2D eigenvalue weighted by Gasteiger charge is -2.18. The predicted octanol–water partition coefficient (Wildman–Crippen LogP) is 3.96. The maximum atomic E-state index is 12.2. The number of para-hydroxylation sites is 1. The van der Waals surface area contributed by atoms with E-state index in [1.165, 1.54) is 24.3 Å². The zero-order valence-corrected chi connectivity index (χ0v) is 19.3. The number of hydrogen-bond acceptors (Lipinski definition) is 4. The van der Waals surface area contributed by atoms with Crippen LogP contribution in [-0.2, 0) is 0 Å². The van der Waals surface area contributed by atoms with Crippen LogP contribution in [0.1, 0.15) is 25.5 Å². The fourth-order valence-corrected chi connectivity index (χ4v) is 2.51. The molecule has 0 aliphatic carbocycles. The lowest BCUT2D eigenvalue weighted by Crippen LogP contribution is -2.42. The van der Waals surface area contributed by atoms with E-state index in [0.29, 0.717) is 24.6 Å². The lowest BCUT2D eigenvalue weighted by molar-refractivity contribution is -0.0498. The third-order valence-corrected chi connectivity index (χ3v) is 3.89. The highest BCUT2D eigenvalue weighted by molar-refractivity contribution is 14.0. The molecule has 0 saturated carbocycles. The van der Waals surface area contributed by atoms with Crippen molar-refractivity contribution in [2.75, 3.05) is 19.6 Å². The molecule has 0 spiro atoms. The van der Waals surface area contributed by atoms with Crippen LogP contribution < -0.4 is 20.1 Å². The van der Waals surface area contributed by atoms with Crippen molar-refractivity contribution in [3.8, 4) is 11.5 Å². The third kappa shape index (κ3) is 9.57. The minimum atomic E-state index is -2.88. The van der Waals surface area contributed by atoms with Crippen LogP contribution in [0.5, 0.6) is 11.5 Å². The maximum absolute atomic E-state index is 12.2. The van der Waals surface area contributed by atoms with Crippen molar-refractivity contribution < 1.29 is 23.4 Å². The number of hydrogen-bond donors (Lipinski definition) is 3. The molecule has 9 heteroatoms. The number of nitrogens with zero attached hydrogens (tertiary/aromatic N) is 1. The fourth-order valence-electron chi connectivity index (χ4n) is 2.51. The molecule has 2 atom stereocenters. The zero-order chi connectivity index (χ0) is 21.1. The topological polar surface area (TPSA) is 75.1 Å². The lowest BCUT2D eigenvalue weighted by atomic mass is 10.1. The second kappa shape index (κ2) is 14.0. The molecule has 166 valence electrons. The summed E-state index contributed by atoms with van der Waals surface area (Å²) in [5.41, 5.74) is 0.562. The summed E-state index contributed by atoms with van der Waals surface area (Å²) in [6.45, 7) is 2.31. The quantitative estimate of drug-likeness (QED) is 0.244. The van der Waals surface area contributed by atoms with Crippen LogP contribution in [-0.4, -0.2) is 43.4 Å². The Labute approximate surface area is 192 Å². The smallest absolute Gasteiger partial charge is 0.387 e. The summed E-state index contributed by atoms with van der Waals surface area (Å²) in [4.78, 5) is 4.38. The summed E-state index contributed by atoms with van der Waals surface area (Å²) in [5.74, 6) is 1.38. The Kier molecular flexibility index (Phi) is 12.1. The van der Waals surface area contributed by atoms with Crippen molar-refractivity contribution in [3.05, 3.63) is 60.2 Å². The van der Waals surface area contributed by atoms with Gasteiger partial charge in [0.1, 0.15) is 17.6 Å². The van der Waals surface area contributed by atoms with Crippen molar-refractivity contribution in [1.82, 2.24) is 10.6 Å². The Hall–Kier alpha value is -2.14. The normalized spacial score (nSPS) is 13.2. The molecule has 0 fully saturated rings. The minimum absolute atomic E-state index is 0. The molecule has 0 aromatic heterocycles. The van der Waals surface area contributed by atoms with Gasteiger partial charge in [-0.1, -0.05) is 30.3 Å². The largest absolute Gasteiger partial charge is 0.489 e. The number of guanidine groups is 1. The van der Waals surface area contributed by atoms with E-state index in [2.05, 4.69) is 20.4 Å². The molecule has 6 nitrogen and oxygen atoms in total. The Morgan fingerprint density at radius 3 is 2.23 bits per heavy atom. The van der Waals surface area contributed by atoms with Gasteiger partial charge in [-0.15, -0.1) is 24.0 Å². The van der Waals surface area contributed by atoms with Gasteiger partial charge in [-0.3, -0.25) is 4.99 Å². The van der Waals surface area contributed by atoms with Gasteiger partial charge < -0.3 is 25.2 Å². The molecule has 2 unspecified atom stereocenters. The van der Waals surface area contributed by atoms with Crippen molar-refractivity contribution in [3.63, 3.8) is 0 Å².